The Balaban J connectivity index is 1.23. The van der Waals surface area contributed by atoms with E-state index in [4.69, 9.17) is 4.42 Å². The molecule has 0 amide bonds. The molecule has 270 valence electrons. The second-order valence-electron chi connectivity index (χ2n) is 17.1. The fourth-order valence-corrected chi connectivity index (χ4v) is 17.0. The van der Waals surface area contributed by atoms with Crippen LogP contribution in [0.1, 0.15) is 0 Å². The lowest BCUT2D eigenvalue weighted by atomic mass is 9.84. The Morgan fingerprint density at radius 1 is 0.298 bits per heavy atom. The molecule has 9 aromatic carbocycles. The highest BCUT2D eigenvalue weighted by Crippen LogP contribution is 2.48. The third-order valence-electron chi connectivity index (χ3n) is 13.5. The molecule has 10 aromatic rings. The van der Waals surface area contributed by atoms with Crippen molar-refractivity contribution in [2.24, 2.45) is 0 Å². The van der Waals surface area contributed by atoms with Crippen LogP contribution in [-0.4, -0.2) is 16.1 Å². The van der Waals surface area contributed by atoms with E-state index in [9.17, 15) is 0 Å². The lowest BCUT2D eigenvalue weighted by molar-refractivity contribution is 0.670. The summed E-state index contributed by atoms with van der Waals surface area (Å²) in [6.07, 6.45) is 0. The molecule has 0 saturated heterocycles. The summed E-state index contributed by atoms with van der Waals surface area (Å²) in [5, 5.41) is 13.4. The van der Waals surface area contributed by atoms with Crippen LogP contribution in [0.4, 0.5) is 0 Å². The molecular weight excluding hydrogens is 721 g/mol. The number of benzene rings is 9. The van der Waals surface area contributed by atoms with Gasteiger partial charge in [0, 0.05) is 21.9 Å². The van der Waals surface area contributed by atoms with Crippen molar-refractivity contribution in [3.05, 3.63) is 170 Å². The number of para-hydroxylation sites is 2. The van der Waals surface area contributed by atoms with E-state index in [0.29, 0.717) is 0 Å². The van der Waals surface area contributed by atoms with E-state index in [1.165, 1.54) is 92.4 Å². The van der Waals surface area contributed by atoms with E-state index in [1.54, 1.807) is 0 Å². The third-order valence-corrected chi connectivity index (χ3v) is 20.6. The molecule has 0 spiro atoms. The van der Waals surface area contributed by atoms with Crippen LogP contribution in [0.2, 0.25) is 26.2 Å². The standard InChI is InChI=1S/C54H40OSi2/c1-56(2)47-28-9-6-17-41(47)52-36(23-14-30-49(52)56)33-19-11-21-38-44(33)32-45-34(37-24-15-31-50-53(37)42-18-7-10-29-48(42)57(50,3)4)20-12-22-39(45)51(38)43-26-13-25-40-35-16-5-8-27-46(35)55-54(40)43/h5-32H,1-4H3. The SMILES string of the molecule is C[Si]1(C)c2ccccc2-c2c(-c3cccc4c(-c5cccc6c5oc5ccccc56)c5cccc(-c6cccc7c6-c6ccccc6[Si]7(C)C)c5cc34)cccc21. The topological polar surface area (TPSA) is 13.1 Å². The summed E-state index contributed by atoms with van der Waals surface area (Å²) in [6.45, 7) is 10.0. The van der Waals surface area contributed by atoms with Gasteiger partial charge in [-0.15, -0.1) is 0 Å². The monoisotopic (exact) mass is 760 g/mol. The first-order valence-electron chi connectivity index (χ1n) is 20.2. The average molecular weight is 761 g/mol. The molecule has 0 fully saturated rings. The minimum absolute atomic E-state index is 0.918. The number of furan rings is 1. The molecule has 3 heteroatoms. The Morgan fingerprint density at radius 2 is 0.702 bits per heavy atom. The average Bonchev–Trinajstić information content (AvgIpc) is 3.83. The van der Waals surface area contributed by atoms with Gasteiger partial charge < -0.3 is 4.42 Å². The summed E-state index contributed by atoms with van der Waals surface area (Å²) in [7, 11) is -3.76. The fraction of sp³-hybridized carbons (Fsp3) is 0.0741. The molecule has 0 bridgehead atoms. The summed E-state index contributed by atoms with van der Waals surface area (Å²) in [6, 6.07) is 64.0. The van der Waals surface area contributed by atoms with Gasteiger partial charge in [0.15, 0.2) is 0 Å². The highest BCUT2D eigenvalue weighted by atomic mass is 28.3. The van der Waals surface area contributed by atoms with Gasteiger partial charge in [-0.25, -0.2) is 0 Å². The minimum Gasteiger partial charge on any atom is -0.455 e. The van der Waals surface area contributed by atoms with Crippen molar-refractivity contribution in [3.63, 3.8) is 0 Å². The predicted molar refractivity (Wildman–Crippen MR) is 249 cm³/mol. The highest BCUT2D eigenvalue weighted by Gasteiger charge is 2.40. The van der Waals surface area contributed by atoms with Gasteiger partial charge in [0.2, 0.25) is 0 Å². The maximum Gasteiger partial charge on any atom is 0.143 e. The summed E-state index contributed by atoms with van der Waals surface area (Å²) in [5.74, 6) is 0. The summed E-state index contributed by atoms with van der Waals surface area (Å²) in [5.41, 5.74) is 15.0. The first kappa shape index (κ1) is 32.9. The van der Waals surface area contributed by atoms with Gasteiger partial charge in [0.1, 0.15) is 27.3 Å². The van der Waals surface area contributed by atoms with Crippen molar-refractivity contribution >= 4 is 80.4 Å². The molecule has 0 unspecified atom stereocenters. The van der Waals surface area contributed by atoms with E-state index in [0.717, 1.165) is 27.5 Å². The quantitative estimate of drug-likeness (QED) is 0.129. The molecular formula is C54H40OSi2. The van der Waals surface area contributed by atoms with Gasteiger partial charge in [-0.05, 0) is 98.9 Å². The second-order valence-corrected chi connectivity index (χ2v) is 25.8. The van der Waals surface area contributed by atoms with E-state index in [-0.39, 0.29) is 0 Å². The zero-order valence-electron chi connectivity index (χ0n) is 32.6. The molecule has 0 aliphatic carbocycles. The number of hydrogen-bond acceptors (Lipinski definition) is 1. The van der Waals surface area contributed by atoms with Crippen molar-refractivity contribution in [2.45, 2.75) is 26.2 Å². The number of fused-ring (bicyclic) bond motifs is 11. The Hall–Kier alpha value is -6.27. The van der Waals surface area contributed by atoms with E-state index in [2.05, 4.69) is 196 Å². The van der Waals surface area contributed by atoms with Crippen molar-refractivity contribution in [2.75, 3.05) is 0 Å². The molecule has 0 atom stereocenters. The fourth-order valence-electron chi connectivity index (χ4n) is 10.8. The molecule has 1 nitrogen and oxygen atoms in total. The van der Waals surface area contributed by atoms with E-state index < -0.39 is 16.1 Å². The minimum atomic E-state index is -1.88. The molecule has 0 N–H and O–H groups in total. The predicted octanol–water partition coefficient (Wildman–Crippen LogP) is 12.5. The van der Waals surface area contributed by atoms with Crippen LogP contribution in [0, 0.1) is 0 Å². The van der Waals surface area contributed by atoms with Crippen molar-refractivity contribution in [1.29, 1.82) is 0 Å². The van der Waals surface area contributed by atoms with Crippen molar-refractivity contribution in [1.82, 2.24) is 0 Å². The van der Waals surface area contributed by atoms with Crippen LogP contribution in [0.5, 0.6) is 0 Å². The normalized spacial score (nSPS) is 14.6. The zero-order valence-corrected chi connectivity index (χ0v) is 34.6. The van der Waals surface area contributed by atoms with Crippen LogP contribution < -0.4 is 20.7 Å². The lowest BCUT2D eigenvalue weighted by Crippen LogP contribution is -2.49. The van der Waals surface area contributed by atoms with Crippen LogP contribution >= 0.6 is 0 Å². The van der Waals surface area contributed by atoms with Crippen molar-refractivity contribution in [3.8, 4) is 55.6 Å². The Labute approximate surface area is 334 Å². The van der Waals surface area contributed by atoms with Crippen LogP contribution in [0.25, 0.3) is 99.1 Å². The van der Waals surface area contributed by atoms with Gasteiger partial charge in [-0.3, -0.25) is 0 Å². The largest absolute Gasteiger partial charge is 0.455 e. The first-order chi connectivity index (χ1) is 27.8. The molecule has 12 rings (SSSR count). The molecule has 3 heterocycles. The molecule has 0 radical (unpaired) electrons. The summed E-state index contributed by atoms with van der Waals surface area (Å²) < 4.78 is 6.82. The van der Waals surface area contributed by atoms with E-state index >= 15 is 0 Å². The third kappa shape index (κ3) is 4.39. The van der Waals surface area contributed by atoms with Crippen molar-refractivity contribution < 1.29 is 4.42 Å². The van der Waals surface area contributed by atoms with Gasteiger partial charge in [-0.1, -0.05) is 184 Å². The molecule has 1 aromatic heterocycles. The zero-order chi connectivity index (χ0) is 38.2. The molecule has 57 heavy (non-hydrogen) atoms. The smallest absolute Gasteiger partial charge is 0.143 e. The Bertz CT molecular complexity index is 3200. The van der Waals surface area contributed by atoms with Crippen LogP contribution in [0.3, 0.4) is 0 Å². The van der Waals surface area contributed by atoms with E-state index in [1.807, 2.05) is 0 Å². The molecule has 2 aliphatic rings. The first-order valence-corrected chi connectivity index (χ1v) is 26.2. The molecule has 2 aliphatic heterocycles. The summed E-state index contributed by atoms with van der Waals surface area (Å²) in [4.78, 5) is 0. The van der Waals surface area contributed by atoms with Crippen LogP contribution in [0.15, 0.2) is 174 Å². The molecule has 0 saturated carbocycles. The van der Waals surface area contributed by atoms with Gasteiger partial charge in [0.25, 0.3) is 0 Å². The van der Waals surface area contributed by atoms with Gasteiger partial charge in [-0.2, -0.15) is 0 Å². The second kappa shape index (κ2) is 11.6. The van der Waals surface area contributed by atoms with Gasteiger partial charge >= 0.3 is 0 Å². The number of hydrogen-bond donors (Lipinski definition) is 0. The Kier molecular flexibility index (Phi) is 6.72. The summed E-state index contributed by atoms with van der Waals surface area (Å²) >= 11 is 0. The Morgan fingerprint density at radius 3 is 1.28 bits per heavy atom. The highest BCUT2D eigenvalue weighted by molar-refractivity contribution is 7.04. The maximum atomic E-state index is 6.82. The van der Waals surface area contributed by atoms with Crippen LogP contribution in [-0.2, 0) is 0 Å². The number of rotatable bonds is 3. The van der Waals surface area contributed by atoms with Gasteiger partial charge in [0.05, 0.1) is 0 Å². The lowest BCUT2D eigenvalue weighted by Gasteiger charge is -2.21. The maximum absolute atomic E-state index is 6.82.